The van der Waals surface area contributed by atoms with Gasteiger partial charge in [-0.05, 0) is 66.7 Å². The second kappa shape index (κ2) is 14.2. The van der Waals surface area contributed by atoms with E-state index in [-0.39, 0.29) is 39.0 Å². The largest absolute Gasteiger partial charge is 0.507 e. The minimum atomic E-state index is -0.800. The predicted molar refractivity (Wildman–Crippen MR) is 193 cm³/mol. The van der Waals surface area contributed by atoms with Gasteiger partial charge in [0.05, 0.1) is 10.7 Å². The maximum Gasteiger partial charge on any atom is 0.272 e. The Kier molecular flexibility index (Phi) is 12.1. The Labute approximate surface area is 287 Å². The summed E-state index contributed by atoms with van der Waals surface area (Å²) >= 11 is 3.67. The molecule has 260 valence electrons. The molecule has 3 rings (SSSR count). The highest BCUT2D eigenvalue weighted by Gasteiger charge is 2.38. The van der Waals surface area contributed by atoms with E-state index in [0.29, 0.717) is 12.4 Å². The molecule has 8 heteroatoms. The molecule has 2 N–H and O–H groups in total. The van der Waals surface area contributed by atoms with Crippen molar-refractivity contribution in [2.24, 2.45) is 0 Å². The summed E-state index contributed by atoms with van der Waals surface area (Å²) in [5.41, 5.74) is 3.44. The third-order valence-electron chi connectivity index (χ3n) is 7.97. The summed E-state index contributed by atoms with van der Waals surface area (Å²) < 4.78 is 23.6. The minimum absolute atomic E-state index is 0.173. The molecule has 2 aromatic carbocycles. The SMILES string of the molecule is CCOC1O[C@H](CO)[C@@H](COc2c(C(C)(C)C)cc(SC(C)(C)Sc3cc(C(C)(C)C)c(O)c(C(C)(C)C)c3)cc2C(C)(C)C)O1. The van der Waals surface area contributed by atoms with Crippen LogP contribution in [0.25, 0.3) is 0 Å². The number of ether oxygens (including phenoxy) is 4. The summed E-state index contributed by atoms with van der Waals surface area (Å²) in [6, 6.07) is 8.88. The number of hydrogen-bond donors (Lipinski definition) is 2. The van der Waals surface area contributed by atoms with E-state index in [0.717, 1.165) is 32.9 Å². The number of rotatable bonds is 10. The van der Waals surface area contributed by atoms with E-state index in [1.165, 1.54) is 4.90 Å². The molecule has 0 saturated carbocycles. The average Bonchev–Trinajstić information content (AvgIpc) is 3.27. The van der Waals surface area contributed by atoms with E-state index < -0.39 is 18.7 Å². The number of aromatic hydroxyl groups is 1. The Morgan fingerprint density at radius 1 is 0.652 bits per heavy atom. The van der Waals surface area contributed by atoms with E-state index in [2.05, 4.69) is 121 Å². The van der Waals surface area contributed by atoms with E-state index >= 15 is 0 Å². The van der Waals surface area contributed by atoms with Crippen LogP contribution >= 0.6 is 23.5 Å². The van der Waals surface area contributed by atoms with Crippen molar-refractivity contribution in [3.05, 3.63) is 46.5 Å². The summed E-state index contributed by atoms with van der Waals surface area (Å²) in [4.78, 5) is 2.33. The monoisotopic (exact) mass is 676 g/mol. The Bertz CT molecular complexity index is 1270. The molecule has 1 saturated heterocycles. The van der Waals surface area contributed by atoms with Crippen LogP contribution in [0.4, 0.5) is 0 Å². The Hall–Kier alpha value is -1.42. The van der Waals surface area contributed by atoms with Crippen LogP contribution in [0, 0.1) is 0 Å². The lowest BCUT2D eigenvalue weighted by molar-refractivity contribution is -0.242. The highest BCUT2D eigenvalue weighted by Crippen LogP contribution is 2.51. The van der Waals surface area contributed by atoms with Gasteiger partial charge in [-0.2, -0.15) is 0 Å². The van der Waals surface area contributed by atoms with Crippen molar-refractivity contribution in [1.29, 1.82) is 0 Å². The van der Waals surface area contributed by atoms with E-state index in [1.54, 1.807) is 0 Å². The minimum Gasteiger partial charge on any atom is -0.507 e. The Morgan fingerprint density at radius 3 is 1.41 bits per heavy atom. The summed E-state index contributed by atoms with van der Waals surface area (Å²) in [5.74, 6) is 1.27. The zero-order valence-electron chi connectivity index (χ0n) is 31.0. The number of thioether (sulfide) groups is 2. The van der Waals surface area contributed by atoms with Crippen LogP contribution in [0.1, 0.15) is 126 Å². The highest BCUT2D eigenvalue weighted by atomic mass is 32.2. The van der Waals surface area contributed by atoms with Crippen molar-refractivity contribution < 1.29 is 29.2 Å². The highest BCUT2D eigenvalue weighted by molar-refractivity contribution is 8.18. The number of aliphatic hydroxyl groups excluding tert-OH is 1. The van der Waals surface area contributed by atoms with Gasteiger partial charge >= 0.3 is 0 Å². The summed E-state index contributed by atoms with van der Waals surface area (Å²) in [6.07, 6.45) is -0.967. The van der Waals surface area contributed by atoms with Crippen molar-refractivity contribution in [3.8, 4) is 11.5 Å². The van der Waals surface area contributed by atoms with Crippen LogP contribution in [-0.4, -0.2) is 52.8 Å². The van der Waals surface area contributed by atoms with Gasteiger partial charge in [0.2, 0.25) is 0 Å². The van der Waals surface area contributed by atoms with Gasteiger partial charge in [-0.3, -0.25) is 0 Å². The van der Waals surface area contributed by atoms with Gasteiger partial charge in [0.25, 0.3) is 6.48 Å². The first-order valence-corrected chi connectivity index (χ1v) is 18.1. The fourth-order valence-electron chi connectivity index (χ4n) is 5.51. The van der Waals surface area contributed by atoms with Crippen molar-refractivity contribution >= 4 is 23.5 Å². The first-order valence-electron chi connectivity index (χ1n) is 16.5. The maximum absolute atomic E-state index is 11.3. The van der Waals surface area contributed by atoms with E-state index in [9.17, 15) is 10.2 Å². The smallest absolute Gasteiger partial charge is 0.272 e. The van der Waals surface area contributed by atoms with E-state index in [1.807, 2.05) is 30.4 Å². The second-order valence-corrected chi connectivity index (χ2v) is 20.6. The number of phenols is 1. The molecule has 3 atom stereocenters. The summed E-state index contributed by atoms with van der Waals surface area (Å²) in [7, 11) is 0. The second-order valence-electron chi connectivity index (χ2n) is 16.9. The summed E-state index contributed by atoms with van der Waals surface area (Å²) in [6.45, 7) is 32.3. The predicted octanol–water partition coefficient (Wildman–Crippen LogP) is 9.68. The third kappa shape index (κ3) is 9.82. The normalized spacial score (nSPS) is 20.0. The molecule has 1 aliphatic rings. The molecule has 0 bridgehead atoms. The number of hydrogen-bond acceptors (Lipinski definition) is 8. The molecule has 0 aliphatic carbocycles. The fraction of sp³-hybridized carbons (Fsp3) is 0.684. The fourth-order valence-corrected chi connectivity index (χ4v) is 8.10. The van der Waals surface area contributed by atoms with Gasteiger partial charge < -0.3 is 29.2 Å². The molecule has 1 aliphatic heterocycles. The quantitative estimate of drug-likeness (QED) is 0.190. The van der Waals surface area contributed by atoms with Crippen LogP contribution in [0.2, 0.25) is 0 Å². The Morgan fingerprint density at radius 2 is 1.04 bits per heavy atom. The van der Waals surface area contributed by atoms with Gasteiger partial charge in [0.1, 0.15) is 30.3 Å². The Balaban J connectivity index is 2.01. The molecule has 1 fully saturated rings. The zero-order chi connectivity index (χ0) is 35.0. The topological polar surface area (TPSA) is 77.4 Å². The number of phenolic OH excluding ortho intramolecular Hbond substituents is 1. The van der Waals surface area contributed by atoms with Gasteiger partial charge in [-0.1, -0.05) is 83.1 Å². The molecule has 0 aromatic heterocycles. The number of aliphatic hydroxyl groups is 1. The third-order valence-corrected chi connectivity index (χ3v) is 10.4. The lowest BCUT2D eigenvalue weighted by atomic mass is 9.79. The maximum atomic E-state index is 11.3. The molecule has 0 radical (unpaired) electrons. The molecule has 0 amide bonds. The van der Waals surface area contributed by atoms with Crippen LogP contribution in [-0.2, 0) is 35.9 Å². The molecule has 0 spiro atoms. The standard InChI is InChI=1S/C38H60O6S2/c1-16-41-33-43-29(21-39)30(44-33)22-42-32-27(36(8,9)10)19-24(20-28(32)37(11,12)13)46-38(14,15)45-23-17-25(34(2,3)4)31(40)26(18-23)35(5,6)7/h17-20,29-30,33,39-40H,16,21-22H2,1-15H3/t29-,30-,33?/m1/s1. The molecule has 46 heavy (non-hydrogen) atoms. The zero-order valence-corrected chi connectivity index (χ0v) is 32.6. The van der Waals surface area contributed by atoms with Crippen LogP contribution < -0.4 is 4.74 Å². The molecular formula is C38H60O6S2. The van der Waals surface area contributed by atoms with Gasteiger partial charge in [0, 0.05) is 38.7 Å². The summed E-state index contributed by atoms with van der Waals surface area (Å²) in [5, 5.41) is 21.2. The first kappa shape index (κ1) is 39.0. The van der Waals surface area contributed by atoms with Crippen LogP contribution in [0.15, 0.2) is 34.1 Å². The first-order chi connectivity index (χ1) is 20.9. The molecule has 2 aromatic rings. The molecule has 1 heterocycles. The lowest BCUT2D eigenvalue weighted by Gasteiger charge is -2.33. The van der Waals surface area contributed by atoms with E-state index in [4.69, 9.17) is 18.9 Å². The van der Waals surface area contributed by atoms with Crippen molar-refractivity contribution in [2.45, 2.75) is 158 Å². The number of benzene rings is 2. The van der Waals surface area contributed by atoms with Gasteiger partial charge in [0.15, 0.2) is 0 Å². The lowest BCUT2D eigenvalue weighted by Crippen LogP contribution is -2.32. The average molecular weight is 677 g/mol. The van der Waals surface area contributed by atoms with Gasteiger partial charge in [-0.25, -0.2) is 0 Å². The van der Waals surface area contributed by atoms with Gasteiger partial charge in [-0.15, -0.1) is 23.5 Å². The molecule has 1 unspecified atom stereocenters. The molecule has 6 nitrogen and oxygen atoms in total. The van der Waals surface area contributed by atoms with Crippen molar-refractivity contribution in [2.75, 3.05) is 19.8 Å². The molecular weight excluding hydrogens is 617 g/mol. The van der Waals surface area contributed by atoms with Crippen molar-refractivity contribution in [1.82, 2.24) is 0 Å². The van der Waals surface area contributed by atoms with Crippen LogP contribution in [0.5, 0.6) is 11.5 Å². The van der Waals surface area contributed by atoms with Crippen LogP contribution in [0.3, 0.4) is 0 Å². The van der Waals surface area contributed by atoms with Crippen molar-refractivity contribution in [3.63, 3.8) is 0 Å².